The van der Waals surface area contributed by atoms with Gasteiger partial charge >= 0.3 is 5.97 Å². The molecular weight excluding hydrogens is 380 g/mol. The highest BCUT2D eigenvalue weighted by Crippen LogP contribution is 2.21. The Morgan fingerprint density at radius 1 is 0.484 bits per heavy atom. The summed E-state index contributed by atoms with van der Waals surface area (Å²) in [5, 5.41) is 0. The van der Waals surface area contributed by atoms with Gasteiger partial charge in [0.25, 0.3) is 0 Å². The minimum atomic E-state index is 0.0954. The van der Waals surface area contributed by atoms with E-state index in [-0.39, 0.29) is 11.9 Å². The molecule has 186 valence electrons. The third-order valence-electron chi connectivity index (χ3n) is 6.64. The Kier molecular flexibility index (Phi) is 25.3. The number of hydrogen-bond acceptors (Lipinski definition) is 2. The van der Waals surface area contributed by atoms with E-state index in [1.54, 1.807) is 0 Å². The summed E-state index contributed by atoms with van der Waals surface area (Å²) in [5.74, 6) is 0.244. The third kappa shape index (κ3) is 22.5. The summed E-state index contributed by atoms with van der Waals surface area (Å²) in [6.45, 7) is 7.43. The third-order valence-corrected chi connectivity index (χ3v) is 6.64. The van der Waals surface area contributed by atoms with Crippen LogP contribution in [0.1, 0.15) is 168 Å². The van der Waals surface area contributed by atoms with Crippen LogP contribution in [-0.4, -0.2) is 12.6 Å². The minimum Gasteiger partial charge on any atom is -0.465 e. The van der Waals surface area contributed by atoms with Crippen molar-refractivity contribution in [1.29, 1.82) is 0 Å². The molecule has 0 rings (SSSR count). The molecule has 0 radical (unpaired) electrons. The van der Waals surface area contributed by atoms with Gasteiger partial charge < -0.3 is 4.74 Å². The molecule has 0 bridgehead atoms. The normalized spacial score (nSPS) is 11.4. The van der Waals surface area contributed by atoms with Crippen molar-refractivity contribution in [3.63, 3.8) is 0 Å². The maximum Gasteiger partial charge on any atom is 0.308 e. The van der Waals surface area contributed by atoms with E-state index in [2.05, 4.69) is 20.8 Å². The van der Waals surface area contributed by atoms with Gasteiger partial charge in [-0.2, -0.15) is 0 Å². The van der Waals surface area contributed by atoms with E-state index in [0.717, 1.165) is 19.3 Å². The van der Waals surface area contributed by atoms with Gasteiger partial charge in [0.15, 0.2) is 0 Å². The summed E-state index contributed by atoms with van der Waals surface area (Å²) >= 11 is 0. The van der Waals surface area contributed by atoms with Gasteiger partial charge in [-0.15, -0.1) is 0 Å². The highest BCUT2D eigenvalue weighted by Gasteiger charge is 2.19. The lowest BCUT2D eigenvalue weighted by molar-refractivity contribution is -0.149. The molecule has 2 heteroatoms. The largest absolute Gasteiger partial charge is 0.465 e. The van der Waals surface area contributed by atoms with Gasteiger partial charge in [-0.3, -0.25) is 4.79 Å². The standard InChI is InChI=1S/C29H58O2/c1-4-7-10-13-14-15-16-17-18-21-24-27-31-29(30)28(25-22-19-11-8-5-2)26-23-20-12-9-6-3/h28H,4-27H2,1-3H3. The van der Waals surface area contributed by atoms with Crippen molar-refractivity contribution >= 4 is 5.97 Å². The molecule has 0 unspecified atom stereocenters. The zero-order valence-electron chi connectivity index (χ0n) is 21.9. The average molecular weight is 439 g/mol. The second-order valence-electron chi connectivity index (χ2n) is 9.81. The smallest absolute Gasteiger partial charge is 0.308 e. The van der Waals surface area contributed by atoms with E-state index < -0.39 is 0 Å². The van der Waals surface area contributed by atoms with Crippen LogP contribution in [0.3, 0.4) is 0 Å². The Morgan fingerprint density at radius 2 is 0.806 bits per heavy atom. The van der Waals surface area contributed by atoms with Gasteiger partial charge in [-0.25, -0.2) is 0 Å². The average Bonchev–Trinajstić information content (AvgIpc) is 2.78. The van der Waals surface area contributed by atoms with Crippen LogP contribution in [0.25, 0.3) is 0 Å². The summed E-state index contributed by atoms with van der Waals surface area (Å²) in [6, 6.07) is 0. The quantitative estimate of drug-likeness (QED) is 0.105. The predicted molar refractivity (Wildman–Crippen MR) is 138 cm³/mol. The summed E-state index contributed by atoms with van der Waals surface area (Å²) < 4.78 is 5.70. The fourth-order valence-corrected chi connectivity index (χ4v) is 4.43. The van der Waals surface area contributed by atoms with Gasteiger partial charge in [0, 0.05) is 0 Å². The van der Waals surface area contributed by atoms with Crippen LogP contribution < -0.4 is 0 Å². The van der Waals surface area contributed by atoms with Gasteiger partial charge in [0.2, 0.25) is 0 Å². The molecule has 0 atom stereocenters. The summed E-state index contributed by atoms with van der Waals surface area (Å²) in [6.07, 6.45) is 29.5. The zero-order valence-corrected chi connectivity index (χ0v) is 21.9. The zero-order chi connectivity index (χ0) is 22.8. The van der Waals surface area contributed by atoms with Crippen molar-refractivity contribution in [1.82, 2.24) is 0 Å². The Morgan fingerprint density at radius 3 is 1.19 bits per heavy atom. The highest BCUT2D eigenvalue weighted by atomic mass is 16.5. The van der Waals surface area contributed by atoms with Crippen LogP contribution in [-0.2, 0) is 9.53 Å². The van der Waals surface area contributed by atoms with Gasteiger partial charge in [0.05, 0.1) is 12.5 Å². The monoisotopic (exact) mass is 438 g/mol. The van der Waals surface area contributed by atoms with Gasteiger partial charge in [-0.05, 0) is 19.3 Å². The van der Waals surface area contributed by atoms with Crippen LogP contribution in [0.5, 0.6) is 0 Å². The fourth-order valence-electron chi connectivity index (χ4n) is 4.43. The Hall–Kier alpha value is -0.530. The molecule has 31 heavy (non-hydrogen) atoms. The summed E-state index contributed by atoms with van der Waals surface area (Å²) in [4.78, 5) is 12.6. The molecule has 0 aliphatic carbocycles. The fraction of sp³-hybridized carbons (Fsp3) is 0.966. The van der Waals surface area contributed by atoms with Crippen molar-refractivity contribution in [2.24, 2.45) is 5.92 Å². The number of rotatable bonds is 25. The van der Waals surface area contributed by atoms with Crippen molar-refractivity contribution in [2.45, 2.75) is 168 Å². The van der Waals surface area contributed by atoms with Gasteiger partial charge in [-0.1, -0.05) is 149 Å². The number of esters is 1. The molecule has 0 heterocycles. The van der Waals surface area contributed by atoms with E-state index in [1.165, 1.54) is 128 Å². The second-order valence-corrected chi connectivity index (χ2v) is 9.81. The molecule has 0 aromatic carbocycles. The molecule has 2 nitrogen and oxygen atoms in total. The molecule has 0 saturated carbocycles. The first kappa shape index (κ1) is 30.5. The van der Waals surface area contributed by atoms with Crippen molar-refractivity contribution in [2.75, 3.05) is 6.61 Å². The van der Waals surface area contributed by atoms with Crippen LogP contribution in [0.15, 0.2) is 0 Å². The van der Waals surface area contributed by atoms with E-state index in [4.69, 9.17) is 4.74 Å². The minimum absolute atomic E-state index is 0.0954. The van der Waals surface area contributed by atoms with E-state index >= 15 is 0 Å². The Balaban J connectivity index is 3.82. The molecule has 0 fully saturated rings. The molecule has 0 aliphatic heterocycles. The van der Waals surface area contributed by atoms with Crippen LogP contribution >= 0.6 is 0 Å². The molecule has 0 spiro atoms. The molecular formula is C29H58O2. The number of carbonyl (C=O) groups is 1. The highest BCUT2D eigenvalue weighted by molar-refractivity contribution is 5.72. The van der Waals surface area contributed by atoms with Crippen LogP contribution in [0, 0.1) is 5.92 Å². The number of unbranched alkanes of at least 4 members (excludes halogenated alkanes) is 18. The predicted octanol–water partition coefficient (Wildman–Crippen LogP) is 10.2. The first-order chi connectivity index (χ1) is 15.3. The second kappa shape index (κ2) is 25.7. The lowest BCUT2D eigenvalue weighted by atomic mass is 9.94. The molecule has 0 saturated heterocycles. The van der Waals surface area contributed by atoms with E-state index in [1.807, 2.05) is 0 Å². The lowest BCUT2D eigenvalue weighted by Crippen LogP contribution is -2.18. The summed E-state index contributed by atoms with van der Waals surface area (Å²) in [7, 11) is 0. The van der Waals surface area contributed by atoms with Crippen molar-refractivity contribution < 1.29 is 9.53 Å². The molecule has 0 amide bonds. The topological polar surface area (TPSA) is 26.3 Å². The molecule has 0 aliphatic rings. The molecule has 0 aromatic rings. The maximum atomic E-state index is 12.6. The van der Waals surface area contributed by atoms with Crippen LogP contribution in [0.4, 0.5) is 0 Å². The summed E-state index contributed by atoms with van der Waals surface area (Å²) in [5.41, 5.74) is 0. The first-order valence-electron chi connectivity index (χ1n) is 14.4. The molecule has 0 aromatic heterocycles. The lowest BCUT2D eigenvalue weighted by Gasteiger charge is -2.16. The number of hydrogen-bond donors (Lipinski definition) is 0. The number of carbonyl (C=O) groups excluding carboxylic acids is 1. The SMILES string of the molecule is CCCCCCCCCCCCCOC(=O)C(CCCCCCC)CCCCCCC. The van der Waals surface area contributed by atoms with Crippen molar-refractivity contribution in [3.05, 3.63) is 0 Å². The van der Waals surface area contributed by atoms with E-state index in [9.17, 15) is 4.79 Å². The first-order valence-corrected chi connectivity index (χ1v) is 14.4. The van der Waals surface area contributed by atoms with Crippen LogP contribution in [0.2, 0.25) is 0 Å². The van der Waals surface area contributed by atoms with Crippen molar-refractivity contribution in [3.8, 4) is 0 Å². The Labute approximate surface area is 196 Å². The Bertz CT molecular complexity index is 339. The van der Waals surface area contributed by atoms with Gasteiger partial charge in [0.1, 0.15) is 0 Å². The molecule has 0 N–H and O–H groups in total. The maximum absolute atomic E-state index is 12.6. The van der Waals surface area contributed by atoms with E-state index in [0.29, 0.717) is 6.61 Å². The number of ether oxygens (including phenoxy) is 1.